The Morgan fingerprint density at radius 2 is 2.06 bits per heavy atom. The topological polar surface area (TPSA) is 91.7 Å². The maximum absolute atomic E-state index is 13.3. The van der Waals surface area contributed by atoms with Crippen molar-refractivity contribution in [3.63, 3.8) is 0 Å². The molecule has 8 heteroatoms. The van der Waals surface area contributed by atoms with Crippen LogP contribution in [0.2, 0.25) is 0 Å². The van der Waals surface area contributed by atoms with Crippen LogP contribution in [-0.4, -0.2) is 41.9 Å². The molecule has 176 valence electrons. The third-order valence-electron chi connectivity index (χ3n) is 6.80. The van der Waals surface area contributed by atoms with Crippen molar-refractivity contribution in [2.24, 2.45) is 5.92 Å². The van der Waals surface area contributed by atoms with Crippen LogP contribution < -0.4 is 10.7 Å². The lowest BCUT2D eigenvalue weighted by Gasteiger charge is -2.26. The normalized spacial score (nSPS) is 17.4. The number of hydrogen-bond acceptors (Lipinski definition) is 7. The Hall–Kier alpha value is -3.23. The van der Waals surface area contributed by atoms with Crippen molar-refractivity contribution >= 4 is 22.7 Å². The van der Waals surface area contributed by atoms with E-state index in [1.54, 1.807) is 13.1 Å². The number of aromatic nitrogens is 2. The van der Waals surface area contributed by atoms with Gasteiger partial charge in [0.05, 0.1) is 38.6 Å². The summed E-state index contributed by atoms with van der Waals surface area (Å²) in [5, 5.41) is 3.93. The first-order chi connectivity index (χ1) is 16.6. The van der Waals surface area contributed by atoms with Crippen LogP contribution in [0.1, 0.15) is 47.3 Å². The van der Waals surface area contributed by atoms with Crippen LogP contribution in [0.5, 0.6) is 0 Å². The summed E-state index contributed by atoms with van der Waals surface area (Å²) in [6.45, 7) is 5.24. The van der Waals surface area contributed by atoms with Crippen molar-refractivity contribution in [3.8, 4) is 11.1 Å². The average Bonchev–Trinajstić information content (AvgIpc) is 3.65. The van der Waals surface area contributed by atoms with Gasteiger partial charge in [0, 0.05) is 47.4 Å². The first-order valence-corrected chi connectivity index (χ1v) is 11.9. The number of anilines is 1. The monoisotopic (exact) mass is 461 g/mol. The molecule has 0 amide bonds. The Morgan fingerprint density at radius 3 is 2.79 bits per heavy atom. The average molecular weight is 462 g/mol. The summed E-state index contributed by atoms with van der Waals surface area (Å²) in [4.78, 5) is 30.4. The van der Waals surface area contributed by atoms with Crippen LogP contribution in [0, 0.1) is 5.92 Å². The number of rotatable bonds is 6. The number of pyridine rings is 2. The first-order valence-electron chi connectivity index (χ1n) is 11.9. The van der Waals surface area contributed by atoms with Crippen molar-refractivity contribution in [3.05, 3.63) is 57.5 Å². The fourth-order valence-electron chi connectivity index (χ4n) is 4.79. The number of carbonyl (C=O) groups excluding carboxylic acids is 1. The Morgan fingerprint density at radius 1 is 1.21 bits per heavy atom. The molecule has 1 N–H and O–H groups in total. The molecular formula is C26H27N3O5. The third-order valence-corrected chi connectivity index (χ3v) is 6.80. The van der Waals surface area contributed by atoms with E-state index in [1.807, 2.05) is 24.4 Å². The largest absolute Gasteiger partial charge is 0.462 e. The fourth-order valence-corrected chi connectivity index (χ4v) is 4.79. The van der Waals surface area contributed by atoms with Crippen LogP contribution in [0.15, 0.2) is 35.4 Å². The van der Waals surface area contributed by atoms with Crippen LogP contribution in [-0.2, 0) is 27.4 Å². The smallest absolute Gasteiger partial charge is 0.343 e. The molecule has 0 spiro atoms. The number of nitrogens with one attached hydrogen (secondary N) is 1. The van der Waals surface area contributed by atoms with Crippen molar-refractivity contribution in [2.75, 3.05) is 31.7 Å². The summed E-state index contributed by atoms with van der Waals surface area (Å²) < 4.78 is 18.6. The summed E-state index contributed by atoms with van der Waals surface area (Å²) in [7, 11) is 0. The van der Waals surface area contributed by atoms with Gasteiger partial charge in [-0.3, -0.25) is 4.79 Å². The zero-order chi connectivity index (χ0) is 23.2. The van der Waals surface area contributed by atoms with E-state index in [2.05, 4.69) is 14.9 Å². The number of hydrogen-bond donors (Lipinski definition) is 1. The highest BCUT2D eigenvalue weighted by atomic mass is 16.5. The zero-order valence-electron chi connectivity index (χ0n) is 19.1. The molecule has 0 bridgehead atoms. The quantitative estimate of drug-likeness (QED) is 0.560. The highest BCUT2D eigenvalue weighted by Crippen LogP contribution is 2.41. The van der Waals surface area contributed by atoms with Crippen LogP contribution in [0.4, 0.5) is 5.82 Å². The van der Waals surface area contributed by atoms with Gasteiger partial charge < -0.3 is 24.1 Å². The second kappa shape index (κ2) is 8.52. The SMILES string of the molecule is CCOC(=O)c1cn(C2CC2)c2c3c(ccc2c1=O)-c1cnc(NCC2COC2)cc1COC3. The maximum atomic E-state index is 13.3. The van der Waals surface area contributed by atoms with Gasteiger partial charge in [-0.05, 0) is 43.0 Å². The molecule has 2 aliphatic heterocycles. The van der Waals surface area contributed by atoms with Crippen molar-refractivity contribution in [1.82, 2.24) is 9.55 Å². The maximum Gasteiger partial charge on any atom is 0.343 e. The van der Waals surface area contributed by atoms with Gasteiger partial charge in [0.15, 0.2) is 0 Å². The van der Waals surface area contributed by atoms with Gasteiger partial charge in [-0.1, -0.05) is 6.07 Å². The number of nitrogens with zero attached hydrogens (tertiary/aromatic N) is 2. The van der Waals surface area contributed by atoms with Crippen LogP contribution in [0.25, 0.3) is 22.0 Å². The number of fused-ring (bicyclic) bond motifs is 5. The lowest BCUT2D eigenvalue weighted by Crippen LogP contribution is -2.33. The highest BCUT2D eigenvalue weighted by Gasteiger charge is 2.30. The number of ether oxygens (including phenoxy) is 3. The van der Waals surface area contributed by atoms with E-state index in [9.17, 15) is 9.59 Å². The van der Waals surface area contributed by atoms with Gasteiger partial charge in [-0.2, -0.15) is 0 Å². The minimum atomic E-state index is -0.571. The summed E-state index contributed by atoms with van der Waals surface area (Å²) >= 11 is 0. The van der Waals surface area contributed by atoms with Gasteiger partial charge in [0.1, 0.15) is 11.4 Å². The number of benzene rings is 1. The van der Waals surface area contributed by atoms with Crippen LogP contribution in [0.3, 0.4) is 0 Å². The minimum Gasteiger partial charge on any atom is -0.462 e. The van der Waals surface area contributed by atoms with E-state index in [0.717, 1.165) is 66.2 Å². The van der Waals surface area contributed by atoms with E-state index in [1.165, 1.54) is 0 Å². The molecule has 0 radical (unpaired) electrons. The molecule has 1 aromatic carbocycles. The standard InChI is InChI=1S/C26H27N3O5/c1-2-34-26(31)21-10-29(17-3-4-17)24-19(25(21)30)6-5-18-20-9-28-23(27-8-15-11-32-12-15)7-16(20)13-33-14-22(18)24/h5-7,9-10,15,17H,2-4,8,11-14H2,1H3,(H,27,28). The van der Waals surface area contributed by atoms with Gasteiger partial charge in [0.2, 0.25) is 5.43 Å². The highest BCUT2D eigenvalue weighted by molar-refractivity contribution is 5.96. The summed E-state index contributed by atoms with van der Waals surface area (Å²) in [6, 6.07) is 6.10. The molecule has 0 atom stereocenters. The molecule has 2 aromatic heterocycles. The van der Waals surface area contributed by atoms with E-state index in [0.29, 0.717) is 24.5 Å². The lowest BCUT2D eigenvalue weighted by atomic mass is 9.95. The molecule has 0 unspecified atom stereocenters. The van der Waals surface area contributed by atoms with E-state index < -0.39 is 5.97 Å². The summed E-state index contributed by atoms with van der Waals surface area (Å²) in [5.74, 6) is 0.785. The molecule has 1 aliphatic carbocycles. The number of carbonyl (C=O) groups is 1. The second-order valence-corrected chi connectivity index (χ2v) is 9.22. The van der Waals surface area contributed by atoms with Gasteiger partial charge in [-0.15, -0.1) is 0 Å². The molecule has 34 heavy (non-hydrogen) atoms. The first kappa shape index (κ1) is 21.3. The van der Waals surface area contributed by atoms with E-state index in [-0.39, 0.29) is 23.6 Å². The molecular weight excluding hydrogens is 434 g/mol. The molecule has 3 aromatic rings. The van der Waals surface area contributed by atoms with Crippen molar-refractivity contribution < 1.29 is 19.0 Å². The minimum absolute atomic E-state index is 0.0883. The Labute approximate surface area is 196 Å². The Bertz CT molecular complexity index is 1340. The molecule has 3 aliphatic rings. The number of esters is 1. The lowest BCUT2D eigenvalue weighted by molar-refractivity contribution is -0.0248. The second-order valence-electron chi connectivity index (χ2n) is 9.22. The molecule has 1 saturated heterocycles. The summed E-state index contributed by atoms with van der Waals surface area (Å²) in [6.07, 6.45) is 5.61. The Balaban J connectivity index is 1.46. The molecule has 8 nitrogen and oxygen atoms in total. The molecule has 2 fully saturated rings. The molecule has 6 rings (SSSR count). The van der Waals surface area contributed by atoms with Crippen molar-refractivity contribution in [1.29, 1.82) is 0 Å². The van der Waals surface area contributed by atoms with Gasteiger partial charge in [-0.25, -0.2) is 9.78 Å². The van der Waals surface area contributed by atoms with E-state index in [4.69, 9.17) is 14.2 Å². The predicted molar refractivity (Wildman–Crippen MR) is 127 cm³/mol. The third kappa shape index (κ3) is 3.67. The Kier molecular flexibility index (Phi) is 5.34. The van der Waals surface area contributed by atoms with Gasteiger partial charge in [0.25, 0.3) is 0 Å². The molecule has 4 heterocycles. The molecule has 1 saturated carbocycles. The van der Waals surface area contributed by atoms with E-state index >= 15 is 0 Å². The van der Waals surface area contributed by atoms with Crippen molar-refractivity contribution in [2.45, 2.75) is 39.0 Å². The van der Waals surface area contributed by atoms with Gasteiger partial charge >= 0.3 is 5.97 Å². The summed E-state index contributed by atoms with van der Waals surface area (Å²) in [5.41, 5.74) is 4.69. The zero-order valence-corrected chi connectivity index (χ0v) is 19.1. The predicted octanol–water partition coefficient (Wildman–Crippen LogP) is 3.66. The fraction of sp³-hybridized carbons (Fsp3) is 0.423. The van der Waals surface area contributed by atoms with Crippen LogP contribution >= 0.6 is 0 Å².